The second-order valence-electron chi connectivity index (χ2n) is 3.65. The van der Waals surface area contributed by atoms with Gasteiger partial charge in [-0.2, -0.15) is 5.10 Å². The van der Waals surface area contributed by atoms with Crippen LogP contribution in [0.15, 0.2) is 24.5 Å². The molecule has 90 valence electrons. The van der Waals surface area contributed by atoms with E-state index >= 15 is 0 Å². The van der Waals surface area contributed by atoms with Crippen LogP contribution in [0.25, 0.3) is 0 Å². The highest BCUT2D eigenvalue weighted by Gasteiger charge is 2.02. The number of benzene rings is 1. The molecule has 0 fully saturated rings. The Morgan fingerprint density at radius 3 is 2.88 bits per heavy atom. The van der Waals surface area contributed by atoms with E-state index in [0.717, 1.165) is 11.4 Å². The largest absolute Gasteiger partial charge is 0.306 e. The van der Waals surface area contributed by atoms with Crippen LogP contribution in [-0.2, 0) is 20.1 Å². The van der Waals surface area contributed by atoms with Gasteiger partial charge in [0.25, 0.3) is 0 Å². The van der Waals surface area contributed by atoms with E-state index in [-0.39, 0.29) is 5.02 Å². The van der Waals surface area contributed by atoms with Crippen LogP contribution < -0.4 is 5.32 Å². The number of rotatable bonds is 4. The van der Waals surface area contributed by atoms with Crippen LogP contribution in [-0.4, -0.2) is 14.8 Å². The fourth-order valence-corrected chi connectivity index (χ4v) is 1.65. The Balaban J connectivity index is 1.90. The van der Waals surface area contributed by atoms with Crippen LogP contribution in [0.5, 0.6) is 0 Å². The van der Waals surface area contributed by atoms with Crippen molar-refractivity contribution in [3.8, 4) is 0 Å². The van der Waals surface area contributed by atoms with Gasteiger partial charge in [-0.1, -0.05) is 17.7 Å². The highest BCUT2D eigenvalue weighted by atomic mass is 35.5. The molecule has 1 aromatic heterocycles. The van der Waals surface area contributed by atoms with Crippen LogP contribution >= 0.6 is 11.6 Å². The van der Waals surface area contributed by atoms with Crippen molar-refractivity contribution in [1.29, 1.82) is 0 Å². The summed E-state index contributed by atoms with van der Waals surface area (Å²) in [4.78, 5) is 4.08. The lowest BCUT2D eigenvalue weighted by Crippen LogP contribution is -2.16. The Hall–Kier alpha value is -1.46. The average molecular weight is 255 g/mol. The topological polar surface area (TPSA) is 42.7 Å². The molecule has 1 heterocycles. The Morgan fingerprint density at radius 2 is 2.24 bits per heavy atom. The molecular weight excluding hydrogens is 243 g/mol. The minimum absolute atomic E-state index is 0.142. The van der Waals surface area contributed by atoms with Crippen LogP contribution in [0.3, 0.4) is 0 Å². The number of hydrogen-bond donors (Lipinski definition) is 1. The van der Waals surface area contributed by atoms with Gasteiger partial charge in [-0.3, -0.25) is 4.68 Å². The van der Waals surface area contributed by atoms with Crippen molar-refractivity contribution >= 4 is 11.6 Å². The van der Waals surface area contributed by atoms with E-state index < -0.39 is 5.82 Å². The van der Waals surface area contributed by atoms with Gasteiger partial charge >= 0.3 is 0 Å². The fourth-order valence-electron chi connectivity index (χ4n) is 1.45. The third kappa shape index (κ3) is 3.01. The van der Waals surface area contributed by atoms with E-state index in [1.807, 2.05) is 7.05 Å². The van der Waals surface area contributed by atoms with Crippen molar-refractivity contribution < 1.29 is 4.39 Å². The zero-order valence-electron chi connectivity index (χ0n) is 9.32. The van der Waals surface area contributed by atoms with Crippen LogP contribution in [0.4, 0.5) is 4.39 Å². The average Bonchev–Trinajstić information content (AvgIpc) is 2.70. The Labute approximate surface area is 103 Å². The quantitative estimate of drug-likeness (QED) is 0.906. The summed E-state index contributed by atoms with van der Waals surface area (Å²) in [6.45, 7) is 1.21. The number of nitrogens with one attached hydrogen (secondary N) is 1. The third-order valence-corrected chi connectivity index (χ3v) is 2.69. The maximum absolute atomic E-state index is 12.9. The van der Waals surface area contributed by atoms with Crippen LogP contribution in [0, 0.1) is 5.82 Å². The molecule has 0 aliphatic carbocycles. The number of hydrogen-bond acceptors (Lipinski definition) is 3. The lowest BCUT2D eigenvalue weighted by Gasteiger charge is -2.05. The Bertz CT molecular complexity index is 512. The summed E-state index contributed by atoms with van der Waals surface area (Å²) in [5, 5.41) is 7.29. The van der Waals surface area contributed by atoms with Gasteiger partial charge in [0.1, 0.15) is 18.0 Å². The predicted octanol–water partition coefficient (Wildman–Crippen LogP) is 1.90. The smallest absolute Gasteiger partial charge is 0.141 e. The van der Waals surface area contributed by atoms with Gasteiger partial charge in [0, 0.05) is 13.6 Å². The van der Waals surface area contributed by atoms with Gasteiger partial charge in [-0.25, -0.2) is 9.37 Å². The molecule has 0 radical (unpaired) electrons. The summed E-state index contributed by atoms with van der Waals surface area (Å²) in [6, 6.07) is 4.67. The van der Waals surface area contributed by atoms with E-state index in [1.54, 1.807) is 16.8 Å². The summed E-state index contributed by atoms with van der Waals surface area (Å²) in [7, 11) is 1.83. The monoisotopic (exact) mass is 254 g/mol. The molecule has 0 amide bonds. The molecule has 0 aliphatic heterocycles. The molecule has 0 atom stereocenters. The number of halogens is 2. The molecule has 1 aromatic carbocycles. The molecule has 17 heavy (non-hydrogen) atoms. The van der Waals surface area contributed by atoms with Crippen molar-refractivity contribution in [3.05, 3.63) is 46.8 Å². The van der Waals surface area contributed by atoms with E-state index in [4.69, 9.17) is 11.6 Å². The van der Waals surface area contributed by atoms with Gasteiger partial charge in [-0.05, 0) is 17.7 Å². The SMILES string of the molecule is Cn1ncnc1CNCc1ccc(F)c(Cl)c1. The summed E-state index contributed by atoms with van der Waals surface area (Å²) in [5.41, 5.74) is 0.929. The molecule has 0 bridgehead atoms. The van der Waals surface area contributed by atoms with Gasteiger partial charge in [0.2, 0.25) is 0 Å². The highest BCUT2D eigenvalue weighted by Crippen LogP contribution is 2.15. The van der Waals surface area contributed by atoms with Gasteiger partial charge in [0.05, 0.1) is 11.6 Å². The molecule has 0 saturated heterocycles. The summed E-state index contributed by atoms with van der Waals surface area (Å²) in [5.74, 6) is 0.446. The maximum atomic E-state index is 12.9. The normalized spacial score (nSPS) is 10.8. The first kappa shape index (κ1) is 12.0. The molecule has 0 unspecified atom stereocenters. The lowest BCUT2D eigenvalue weighted by atomic mass is 10.2. The standard InChI is InChI=1S/C11H12ClFN4/c1-17-11(15-7-16-17)6-14-5-8-2-3-10(13)9(12)4-8/h2-4,7,14H,5-6H2,1H3. The minimum atomic E-state index is -0.399. The first-order valence-corrected chi connectivity index (χ1v) is 5.52. The molecule has 4 nitrogen and oxygen atoms in total. The van der Waals surface area contributed by atoms with Crippen molar-refractivity contribution in [3.63, 3.8) is 0 Å². The van der Waals surface area contributed by atoms with Gasteiger partial charge in [0.15, 0.2) is 0 Å². The predicted molar refractivity (Wildman–Crippen MR) is 63.0 cm³/mol. The van der Waals surface area contributed by atoms with E-state index in [1.165, 1.54) is 12.4 Å². The Kier molecular flexibility index (Phi) is 3.71. The third-order valence-electron chi connectivity index (χ3n) is 2.40. The molecule has 2 rings (SSSR count). The number of aromatic nitrogens is 3. The summed E-state index contributed by atoms with van der Waals surface area (Å²) >= 11 is 5.69. The first-order chi connectivity index (χ1) is 8.16. The maximum Gasteiger partial charge on any atom is 0.141 e. The second-order valence-corrected chi connectivity index (χ2v) is 4.06. The number of aryl methyl sites for hydroxylation is 1. The van der Waals surface area contributed by atoms with Gasteiger partial charge in [-0.15, -0.1) is 0 Å². The zero-order chi connectivity index (χ0) is 12.3. The minimum Gasteiger partial charge on any atom is -0.306 e. The Morgan fingerprint density at radius 1 is 1.41 bits per heavy atom. The van der Waals surface area contributed by atoms with Crippen molar-refractivity contribution in [2.75, 3.05) is 0 Å². The number of nitrogens with zero attached hydrogens (tertiary/aromatic N) is 3. The highest BCUT2D eigenvalue weighted by molar-refractivity contribution is 6.30. The van der Waals surface area contributed by atoms with Crippen LogP contribution in [0.2, 0.25) is 5.02 Å². The van der Waals surface area contributed by atoms with Crippen LogP contribution in [0.1, 0.15) is 11.4 Å². The molecule has 0 spiro atoms. The van der Waals surface area contributed by atoms with Crippen molar-refractivity contribution in [1.82, 2.24) is 20.1 Å². The molecule has 0 aliphatic rings. The molecular formula is C11H12ClFN4. The fraction of sp³-hybridized carbons (Fsp3) is 0.273. The zero-order valence-corrected chi connectivity index (χ0v) is 10.1. The first-order valence-electron chi connectivity index (χ1n) is 5.14. The van der Waals surface area contributed by atoms with E-state index in [0.29, 0.717) is 13.1 Å². The molecule has 1 N–H and O–H groups in total. The van der Waals surface area contributed by atoms with Crippen molar-refractivity contribution in [2.24, 2.45) is 7.05 Å². The van der Waals surface area contributed by atoms with E-state index in [9.17, 15) is 4.39 Å². The lowest BCUT2D eigenvalue weighted by molar-refractivity contribution is 0.609. The second kappa shape index (κ2) is 5.25. The molecule has 0 saturated carbocycles. The van der Waals surface area contributed by atoms with E-state index in [2.05, 4.69) is 15.4 Å². The van der Waals surface area contributed by atoms with Gasteiger partial charge < -0.3 is 5.32 Å². The summed E-state index contributed by atoms with van der Waals surface area (Å²) < 4.78 is 14.6. The summed E-state index contributed by atoms with van der Waals surface area (Å²) in [6.07, 6.45) is 1.51. The van der Waals surface area contributed by atoms with Crippen molar-refractivity contribution in [2.45, 2.75) is 13.1 Å². The molecule has 2 aromatic rings. The molecule has 6 heteroatoms.